The second-order valence-electron chi connectivity index (χ2n) is 5.19. The van der Waals surface area contributed by atoms with Crippen molar-refractivity contribution in [1.82, 2.24) is 5.32 Å². The lowest BCUT2D eigenvalue weighted by Gasteiger charge is -2.20. The number of halogens is 1. The summed E-state index contributed by atoms with van der Waals surface area (Å²) in [6, 6.07) is 5.22. The van der Waals surface area contributed by atoms with Crippen LogP contribution in [0.15, 0.2) is 18.2 Å². The minimum absolute atomic E-state index is 0.111. The molecule has 2 N–H and O–H groups in total. The van der Waals surface area contributed by atoms with Gasteiger partial charge in [0.2, 0.25) is 0 Å². The van der Waals surface area contributed by atoms with Crippen LogP contribution in [0, 0.1) is 5.41 Å². The molecule has 0 saturated heterocycles. The second-order valence-corrected chi connectivity index (χ2v) is 5.60. The maximum Gasteiger partial charge on any atom is 0.251 e. The first-order valence-electron chi connectivity index (χ1n) is 5.59. The van der Waals surface area contributed by atoms with Crippen molar-refractivity contribution in [2.45, 2.75) is 20.8 Å². The zero-order valence-electron chi connectivity index (χ0n) is 10.7. The molecule has 1 aromatic rings. The maximum atomic E-state index is 11.5. The summed E-state index contributed by atoms with van der Waals surface area (Å²) < 4.78 is 0. The summed E-state index contributed by atoms with van der Waals surface area (Å²) in [4.78, 5) is 11.5. The predicted molar refractivity (Wildman–Crippen MR) is 72.8 cm³/mol. The van der Waals surface area contributed by atoms with Crippen LogP contribution in [-0.4, -0.2) is 19.5 Å². The second kappa shape index (κ2) is 5.41. The molecular formula is C13H19ClN2O. The summed E-state index contributed by atoms with van der Waals surface area (Å²) in [6.07, 6.45) is 0. The maximum absolute atomic E-state index is 11.5. The molecule has 1 amide bonds. The van der Waals surface area contributed by atoms with E-state index < -0.39 is 0 Å². The quantitative estimate of drug-likeness (QED) is 0.870. The molecule has 0 fully saturated rings. The van der Waals surface area contributed by atoms with E-state index in [0.29, 0.717) is 10.6 Å². The molecule has 0 aliphatic rings. The Balaban J connectivity index is 2.87. The van der Waals surface area contributed by atoms with Gasteiger partial charge in [-0.15, -0.1) is 0 Å². The smallest absolute Gasteiger partial charge is 0.251 e. The Morgan fingerprint density at radius 2 is 2.00 bits per heavy atom. The molecule has 0 unspecified atom stereocenters. The Morgan fingerprint density at radius 3 is 2.53 bits per heavy atom. The number of hydrogen-bond acceptors (Lipinski definition) is 2. The van der Waals surface area contributed by atoms with Crippen LogP contribution in [0.2, 0.25) is 5.02 Å². The minimum Gasteiger partial charge on any atom is -0.383 e. The fourth-order valence-electron chi connectivity index (χ4n) is 1.31. The van der Waals surface area contributed by atoms with E-state index in [4.69, 9.17) is 11.6 Å². The van der Waals surface area contributed by atoms with Gasteiger partial charge in [0.1, 0.15) is 0 Å². The van der Waals surface area contributed by atoms with Gasteiger partial charge in [-0.25, -0.2) is 0 Å². The van der Waals surface area contributed by atoms with Crippen molar-refractivity contribution in [3.05, 3.63) is 28.8 Å². The minimum atomic E-state index is -0.111. The summed E-state index contributed by atoms with van der Waals surface area (Å²) in [5, 5.41) is 6.48. The van der Waals surface area contributed by atoms with Crippen LogP contribution < -0.4 is 10.6 Å². The highest BCUT2D eigenvalue weighted by Crippen LogP contribution is 2.24. The molecule has 0 aliphatic carbocycles. The number of carbonyl (C=O) groups excluding carboxylic acids is 1. The van der Waals surface area contributed by atoms with E-state index >= 15 is 0 Å². The first-order chi connectivity index (χ1) is 7.83. The number of rotatable bonds is 3. The third kappa shape index (κ3) is 4.27. The Kier molecular flexibility index (Phi) is 4.40. The molecule has 0 spiro atoms. The molecule has 3 nitrogen and oxygen atoms in total. The van der Waals surface area contributed by atoms with Gasteiger partial charge in [-0.05, 0) is 23.6 Å². The summed E-state index contributed by atoms with van der Waals surface area (Å²) >= 11 is 6.08. The number of nitrogens with one attached hydrogen (secondary N) is 2. The van der Waals surface area contributed by atoms with E-state index in [1.807, 2.05) is 0 Å². The number of carbonyl (C=O) groups is 1. The molecular weight excluding hydrogens is 236 g/mol. The van der Waals surface area contributed by atoms with E-state index in [2.05, 4.69) is 31.4 Å². The molecule has 0 aromatic heterocycles. The Hall–Kier alpha value is -1.22. The average Bonchev–Trinajstić information content (AvgIpc) is 2.26. The monoisotopic (exact) mass is 254 g/mol. The SMILES string of the molecule is CNC(=O)c1ccc(Cl)c(NCC(C)(C)C)c1. The van der Waals surface area contributed by atoms with Gasteiger partial charge >= 0.3 is 0 Å². The molecule has 1 aromatic carbocycles. The molecule has 0 bridgehead atoms. The highest BCUT2D eigenvalue weighted by Gasteiger charge is 2.12. The standard InChI is InChI=1S/C13H19ClN2O/c1-13(2,3)8-16-11-7-9(12(17)15-4)5-6-10(11)14/h5-7,16H,8H2,1-4H3,(H,15,17). The third-order valence-corrected chi connectivity index (χ3v) is 2.59. The van der Waals surface area contributed by atoms with Crippen molar-refractivity contribution in [3.63, 3.8) is 0 Å². The van der Waals surface area contributed by atoms with Gasteiger partial charge in [0, 0.05) is 19.2 Å². The highest BCUT2D eigenvalue weighted by molar-refractivity contribution is 6.33. The zero-order chi connectivity index (χ0) is 13.1. The number of hydrogen-bond donors (Lipinski definition) is 2. The molecule has 94 valence electrons. The van der Waals surface area contributed by atoms with E-state index in [1.54, 1.807) is 25.2 Å². The van der Waals surface area contributed by atoms with Gasteiger partial charge in [0.05, 0.1) is 10.7 Å². The zero-order valence-corrected chi connectivity index (χ0v) is 11.5. The van der Waals surface area contributed by atoms with Crippen LogP contribution in [0.3, 0.4) is 0 Å². The summed E-state index contributed by atoms with van der Waals surface area (Å²) in [6.45, 7) is 7.20. The van der Waals surface area contributed by atoms with Gasteiger partial charge in [0.15, 0.2) is 0 Å². The number of anilines is 1. The van der Waals surface area contributed by atoms with Crippen molar-refractivity contribution in [1.29, 1.82) is 0 Å². The van der Waals surface area contributed by atoms with Crippen molar-refractivity contribution in [2.75, 3.05) is 18.9 Å². The first-order valence-corrected chi connectivity index (χ1v) is 5.97. The molecule has 0 saturated carbocycles. The van der Waals surface area contributed by atoms with Crippen LogP contribution in [0.4, 0.5) is 5.69 Å². The van der Waals surface area contributed by atoms with Crippen LogP contribution in [-0.2, 0) is 0 Å². The lowest BCUT2D eigenvalue weighted by Crippen LogP contribution is -2.20. The first kappa shape index (κ1) is 13.8. The van der Waals surface area contributed by atoms with Crippen LogP contribution in [0.25, 0.3) is 0 Å². The molecule has 1 rings (SSSR count). The molecule has 17 heavy (non-hydrogen) atoms. The van der Waals surface area contributed by atoms with Gasteiger partial charge in [0.25, 0.3) is 5.91 Å². The van der Waals surface area contributed by atoms with E-state index in [0.717, 1.165) is 12.2 Å². The van der Waals surface area contributed by atoms with E-state index in [9.17, 15) is 4.79 Å². The van der Waals surface area contributed by atoms with Crippen LogP contribution >= 0.6 is 11.6 Å². The van der Waals surface area contributed by atoms with Crippen molar-refractivity contribution in [2.24, 2.45) is 5.41 Å². The fourth-order valence-corrected chi connectivity index (χ4v) is 1.49. The van der Waals surface area contributed by atoms with E-state index in [-0.39, 0.29) is 11.3 Å². The van der Waals surface area contributed by atoms with Gasteiger partial charge < -0.3 is 10.6 Å². The summed E-state index contributed by atoms with van der Waals surface area (Å²) in [5.74, 6) is -0.111. The highest BCUT2D eigenvalue weighted by atomic mass is 35.5. The van der Waals surface area contributed by atoms with Crippen LogP contribution in [0.5, 0.6) is 0 Å². The van der Waals surface area contributed by atoms with Gasteiger partial charge in [-0.1, -0.05) is 32.4 Å². The van der Waals surface area contributed by atoms with Gasteiger partial charge in [-0.3, -0.25) is 4.79 Å². The normalized spacial score (nSPS) is 11.1. The Morgan fingerprint density at radius 1 is 1.35 bits per heavy atom. The van der Waals surface area contributed by atoms with Crippen molar-refractivity contribution >= 4 is 23.2 Å². The number of benzene rings is 1. The summed E-state index contributed by atoms with van der Waals surface area (Å²) in [7, 11) is 1.61. The average molecular weight is 255 g/mol. The van der Waals surface area contributed by atoms with Crippen LogP contribution in [0.1, 0.15) is 31.1 Å². The molecule has 0 atom stereocenters. The predicted octanol–water partition coefficient (Wildman–Crippen LogP) is 3.16. The third-order valence-electron chi connectivity index (χ3n) is 2.26. The fraction of sp³-hybridized carbons (Fsp3) is 0.462. The molecule has 0 aliphatic heterocycles. The topological polar surface area (TPSA) is 41.1 Å². The summed E-state index contributed by atoms with van der Waals surface area (Å²) in [5.41, 5.74) is 1.56. The van der Waals surface area contributed by atoms with Gasteiger partial charge in [-0.2, -0.15) is 0 Å². The van der Waals surface area contributed by atoms with E-state index in [1.165, 1.54) is 0 Å². The van der Waals surface area contributed by atoms with Crippen molar-refractivity contribution < 1.29 is 4.79 Å². The van der Waals surface area contributed by atoms with Crippen molar-refractivity contribution in [3.8, 4) is 0 Å². The Bertz CT molecular complexity index is 410. The molecule has 0 heterocycles. The number of amides is 1. The molecule has 0 radical (unpaired) electrons. The Labute approximate surface area is 108 Å². The molecule has 4 heteroatoms. The largest absolute Gasteiger partial charge is 0.383 e. The lowest BCUT2D eigenvalue weighted by molar-refractivity contribution is 0.0963. The lowest BCUT2D eigenvalue weighted by atomic mass is 9.97.